The van der Waals surface area contributed by atoms with Crippen molar-refractivity contribution in [1.82, 2.24) is 0 Å². The normalized spacial score (nSPS) is 16.2. The number of ether oxygens (including phenoxy) is 1. The van der Waals surface area contributed by atoms with Gasteiger partial charge in [-0.25, -0.2) is 0 Å². The summed E-state index contributed by atoms with van der Waals surface area (Å²) < 4.78 is 5.41. The molecule has 0 radical (unpaired) electrons. The van der Waals surface area contributed by atoms with Crippen molar-refractivity contribution in [2.45, 2.75) is 47.0 Å². The molecule has 7 heteroatoms. The number of amides is 2. The van der Waals surface area contributed by atoms with Crippen molar-refractivity contribution < 1.29 is 14.3 Å². The zero-order chi connectivity index (χ0) is 21.3. The van der Waals surface area contributed by atoms with Crippen LogP contribution in [-0.2, 0) is 12.8 Å². The van der Waals surface area contributed by atoms with Gasteiger partial charge in [-0.05, 0) is 61.3 Å². The zero-order valence-electron chi connectivity index (χ0n) is 17.2. The third kappa shape index (κ3) is 4.59. The molecule has 0 saturated carbocycles. The van der Waals surface area contributed by atoms with Crippen LogP contribution in [-0.4, -0.2) is 18.4 Å². The van der Waals surface area contributed by atoms with Crippen LogP contribution in [0.5, 0.6) is 5.75 Å². The molecule has 0 bridgehead atoms. The molecular formula is C22H27ClN2O3S. The number of hydrogen-bond acceptors (Lipinski definition) is 4. The summed E-state index contributed by atoms with van der Waals surface area (Å²) in [5.41, 5.74) is 7.70. The summed E-state index contributed by atoms with van der Waals surface area (Å²) in [6, 6.07) is 4.89. The zero-order valence-corrected chi connectivity index (χ0v) is 18.8. The molecule has 5 nitrogen and oxygen atoms in total. The SMILES string of the molecule is CCOc1ccc(C(=O)Nc2sc3c(c2C(N)=O)CC[C@H](C(C)(C)C)C3)cc1Cl. The van der Waals surface area contributed by atoms with Gasteiger partial charge in [-0.3, -0.25) is 9.59 Å². The van der Waals surface area contributed by atoms with Crippen LogP contribution < -0.4 is 15.8 Å². The minimum absolute atomic E-state index is 0.192. The second-order valence-electron chi connectivity index (χ2n) is 8.41. The van der Waals surface area contributed by atoms with E-state index in [9.17, 15) is 9.59 Å². The average molecular weight is 435 g/mol. The highest BCUT2D eigenvalue weighted by Gasteiger charge is 2.33. The highest BCUT2D eigenvalue weighted by Crippen LogP contribution is 2.44. The van der Waals surface area contributed by atoms with Gasteiger partial charge in [0.05, 0.1) is 17.2 Å². The fraction of sp³-hybridized carbons (Fsp3) is 0.455. The number of nitrogens with two attached hydrogens (primary N) is 1. The maximum absolute atomic E-state index is 12.8. The Labute approximate surface area is 180 Å². The molecule has 1 aromatic carbocycles. The van der Waals surface area contributed by atoms with Gasteiger partial charge in [0.2, 0.25) is 0 Å². The van der Waals surface area contributed by atoms with E-state index in [1.165, 1.54) is 11.3 Å². The van der Waals surface area contributed by atoms with Crippen molar-refractivity contribution in [2.24, 2.45) is 17.1 Å². The van der Waals surface area contributed by atoms with Crippen LogP contribution in [0.4, 0.5) is 5.00 Å². The molecular weight excluding hydrogens is 408 g/mol. The molecule has 1 aliphatic carbocycles. The number of carbonyl (C=O) groups is 2. The van der Waals surface area contributed by atoms with Crippen molar-refractivity contribution in [1.29, 1.82) is 0 Å². The lowest BCUT2D eigenvalue weighted by molar-refractivity contribution is 0.1000. The lowest BCUT2D eigenvalue weighted by Crippen LogP contribution is -2.27. The van der Waals surface area contributed by atoms with E-state index in [1.807, 2.05) is 6.92 Å². The summed E-state index contributed by atoms with van der Waals surface area (Å²) in [6.07, 6.45) is 2.71. The number of primary amides is 1. The van der Waals surface area contributed by atoms with Gasteiger partial charge < -0.3 is 15.8 Å². The van der Waals surface area contributed by atoms with Gasteiger partial charge in [0.25, 0.3) is 11.8 Å². The van der Waals surface area contributed by atoms with Crippen molar-refractivity contribution in [3.63, 3.8) is 0 Å². The molecule has 1 aromatic heterocycles. The van der Waals surface area contributed by atoms with Crippen LogP contribution >= 0.6 is 22.9 Å². The van der Waals surface area contributed by atoms with E-state index in [4.69, 9.17) is 22.1 Å². The number of benzene rings is 1. The van der Waals surface area contributed by atoms with Gasteiger partial charge in [0.1, 0.15) is 10.8 Å². The predicted molar refractivity (Wildman–Crippen MR) is 118 cm³/mol. The molecule has 0 fully saturated rings. The number of rotatable bonds is 5. The standard InChI is InChI=1S/C22H27ClN2O3S/c1-5-28-16-9-6-12(10-15(16)23)20(27)25-21-18(19(24)26)14-8-7-13(22(2,3)4)11-17(14)29-21/h6,9-10,13H,5,7-8,11H2,1-4H3,(H2,24,26)(H,25,27)/t13-/m0/s1. The number of halogens is 1. The second-order valence-corrected chi connectivity index (χ2v) is 9.92. The van der Waals surface area contributed by atoms with E-state index >= 15 is 0 Å². The number of carbonyl (C=O) groups excluding carboxylic acids is 2. The van der Waals surface area contributed by atoms with Crippen molar-refractivity contribution in [2.75, 3.05) is 11.9 Å². The minimum Gasteiger partial charge on any atom is -0.492 e. The Kier molecular flexibility index (Phi) is 6.24. The molecule has 3 N–H and O–H groups in total. The summed E-state index contributed by atoms with van der Waals surface area (Å²) >= 11 is 7.66. The molecule has 0 saturated heterocycles. The first-order valence-corrected chi connectivity index (χ1v) is 11.0. The molecule has 3 rings (SSSR count). The highest BCUT2D eigenvalue weighted by molar-refractivity contribution is 7.17. The first kappa shape index (κ1) is 21.7. The third-order valence-corrected chi connectivity index (χ3v) is 6.92. The van der Waals surface area contributed by atoms with Gasteiger partial charge in [-0.15, -0.1) is 11.3 Å². The predicted octanol–water partition coefficient (Wildman–Crippen LogP) is 5.30. The fourth-order valence-corrected chi connectivity index (χ4v) is 5.33. The second kappa shape index (κ2) is 8.36. The van der Waals surface area contributed by atoms with Crippen LogP contribution in [0, 0.1) is 11.3 Å². The van der Waals surface area contributed by atoms with E-state index in [-0.39, 0.29) is 11.3 Å². The van der Waals surface area contributed by atoms with E-state index in [2.05, 4.69) is 26.1 Å². The summed E-state index contributed by atoms with van der Waals surface area (Å²) in [6.45, 7) is 9.07. The van der Waals surface area contributed by atoms with E-state index < -0.39 is 5.91 Å². The lowest BCUT2D eigenvalue weighted by Gasteiger charge is -2.33. The van der Waals surface area contributed by atoms with Crippen LogP contribution in [0.2, 0.25) is 5.02 Å². The quantitative estimate of drug-likeness (QED) is 0.669. The summed E-state index contributed by atoms with van der Waals surface area (Å²) in [4.78, 5) is 26.1. The molecule has 29 heavy (non-hydrogen) atoms. The Morgan fingerprint density at radius 3 is 2.66 bits per heavy atom. The van der Waals surface area contributed by atoms with E-state index in [0.717, 1.165) is 29.7 Å². The number of hydrogen-bond donors (Lipinski definition) is 2. The molecule has 2 amide bonds. The van der Waals surface area contributed by atoms with E-state index in [0.29, 0.717) is 39.4 Å². The molecule has 1 heterocycles. The molecule has 0 aliphatic heterocycles. The lowest BCUT2D eigenvalue weighted by atomic mass is 9.72. The Morgan fingerprint density at radius 2 is 2.07 bits per heavy atom. The van der Waals surface area contributed by atoms with Crippen LogP contribution in [0.1, 0.15) is 65.3 Å². The smallest absolute Gasteiger partial charge is 0.256 e. The summed E-state index contributed by atoms with van der Waals surface area (Å²) in [7, 11) is 0. The number of fused-ring (bicyclic) bond motifs is 1. The molecule has 1 atom stereocenters. The Bertz CT molecular complexity index is 946. The first-order valence-electron chi connectivity index (χ1n) is 9.79. The average Bonchev–Trinajstić information content (AvgIpc) is 2.99. The van der Waals surface area contributed by atoms with Crippen LogP contribution in [0.25, 0.3) is 0 Å². The van der Waals surface area contributed by atoms with Gasteiger partial charge in [-0.2, -0.15) is 0 Å². The summed E-state index contributed by atoms with van der Waals surface area (Å²) in [5.74, 6) is 0.228. The van der Waals surface area contributed by atoms with Gasteiger partial charge in [0, 0.05) is 10.4 Å². The van der Waals surface area contributed by atoms with Crippen LogP contribution in [0.15, 0.2) is 18.2 Å². The van der Waals surface area contributed by atoms with Gasteiger partial charge >= 0.3 is 0 Å². The molecule has 0 unspecified atom stereocenters. The maximum Gasteiger partial charge on any atom is 0.256 e. The van der Waals surface area contributed by atoms with Crippen molar-refractivity contribution in [3.8, 4) is 5.75 Å². The van der Waals surface area contributed by atoms with Crippen molar-refractivity contribution in [3.05, 3.63) is 44.8 Å². The highest BCUT2D eigenvalue weighted by atomic mass is 35.5. The fourth-order valence-electron chi connectivity index (χ4n) is 3.76. The molecule has 1 aliphatic rings. The Morgan fingerprint density at radius 1 is 1.34 bits per heavy atom. The molecule has 156 valence electrons. The van der Waals surface area contributed by atoms with Crippen LogP contribution in [0.3, 0.4) is 0 Å². The number of thiophene rings is 1. The topological polar surface area (TPSA) is 81.4 Å². The Hall–Kier alpha value is -2.05. The monoisotopic (exact) mass is 434 g/mol. The molecule has 0 spiro atoms. The first-order chi connectivity index (χ1) is 13.6. The Balaban J connectivity index is 1.88. The largest absolute Gasteiger partial charge is 0.492 e. The van der Waals surface area contributed by atoms with Gasteiger partial charge in [0.15, 0.2) is 0 Å². The maximum atomic E-state index is 12.8. The minimum atomic E-state index is -0.503. The van der Waals surface area contributed by atoms with E-state index in [1.54, 1.807) is 18.2 Å². The number of nitrogens with one attached hydrogen (secondary N) is 1. The summed E-state index contributed by atoms with van der Waals surface area (Å²) in [5, 5.41) is 3.77. The molecule has 2 aromatic rings. The van der Waals surface area contributed by atoms with Gasteiger partial charge in [-0.1, -0.05) is 32.4 Å². The van der Waals surface area contributed by atoms with Crippen molar-refractivity contribution >= 4 is 39.8 Å². The third-order valence-electron chi connectivity index (χ3n) is 5.46. The number of anilines is 1.